The maximum atomic E-state index is 8.98. The van der Waals surface area contributed by atoms with Crippen LogP contribution in [0.2, 0.25) is 0 Å². The quantitative estimate of drug-likeness (QED) is 0.788. The molecule has 2 unspecified atom stereocenters. The molecular weight excluding hydrogens is 240 g/mol. The van der Waals surface area contributed by atoms with E-state index in [1.54, 1.807) is 6.20 Å². The summed E-state index contributed by atoms with van der Waals surface area (Å²) in [7, 11) is 0. The Balaban J connectivity index is 2.02. The third-order valence-corrected chi connectivity index (χ3v) is 3.74. The molecule has 0 spiro atoms. The Bertz CT molecular complexity index is 363. The van der Waals surface area contributed by atoms with Crippen molar-refractivity contribution in [3.05, 3.63) is 30.1 Å². The number of hydrogen-bond acceptors (Lipinski definition) is 5. The first-order valence-corrected chi connectivity index (χ1v) is 6.95. The van der Waals surface area contributed by atoms with Gasteiger partial charge in [0.05, 0.1) is 12.6 Å². The molecule has 0 radical (unpaired) electrons. The van der Waals surface area contributed by atoms with Crippen molar-refractivity contribution in [1.82, 2.24) is 14.8 Å². The lowest BCUT2D eigenvalue weighted by atomic mass is 10.00. The minimum Gasteiger partial charge on any atom is -0.395 e. The first-order valence-electron chi connectivity index (χ1n) is 6.95. The summed E-state index contributed by atoms with van der Waals surface area (Å²) in [6.07, 6.45) is 3.70. The molecule has 2 atom stereocenters. The number of β-amino-alcohol motifs (C(OH)–C–C–N with tert-alkyl or cyclic N) is 1. The van der Waals surface area contributed by atoms with Crippen LogP contribution < -0.4 is 5.73 Å². The molecule has 3 N–H and O–H groups in total. The van der Waals surface area contributed by atoms with Crippen molar-refractivity contribution in [1.29, 1.82) is 0 Å². The number of hydrogen-bond donors (Lipinski definition) is 2. The molecule has 0 aromatic carbocycles. The van der Waals surface area contributed by atoms with E-state index in [-0.39, 0.29) is 18.7 Å². The van der Waals surface area contributed by atoms with Crippen LogP contribution in [-0.4, -0.2) is 65.3 Å². The zero-order chi connectivity index (χ0) is 13.7. The second-order valence-corrected chi connectivity index (χ2v) is 5.19. The number of piperazine rings is 1. The maximum Gasteiger partial charge on any atom is 0.0558 e. The molecule has 0 amide bonds. The van der Waals surface area contributed by atoms with E-state index in [4.69, 9.17) is 10.8 Å². The number of nitrogens with two attached hydrogens (primary N) is 1. The summed E-state index contributed by atoms with van der Waals surface area (Å²) < 4.78 is 0. The van der Waals surface area contributed by atoms with Crippen LogP contribution in [-0.2, 0) is 0 Å². The van der Waals surface area contributed by atoms with Crippen molar-refractivity contribution in [3.8, 4) is 0 Å². The number of rotatable bonds is 5. The molecule has 106 valence electrons. The number of pyridine rings is 1. The van der Waals surface area contributed by atoms with Gasteiger partial charge in [0.25, 0.3) is 0 Å². The average molecular weight is 264 g/mol. The van der Waals surface area contributed by atoms with Gasteiger partial charge in [0.1, 0.15) is 0 Å². The molecule has 1 saturated heterocycles. The Hall–Kier alpha value is -1.01. The standard InChI is InChI=1S/C14H24N4O/c1-12(15)14(13-3-2-4-16-11-13)18-7-5-17(6-8-18)9-10-19/h2-4,11-12,14,19H,5-10,15H2,1H3. The summed E-state index contributed by atoms with van der Waals surface area (Å²) in [6, 6.07) is 4.37. The second-order valence-electron chi connectivity index (χ2n) is 5.19. The van der Waals surface area contributed by atoms with Crippen molar-refractivity contribution in [2.24, 2.45) is 5.73 Å². The van der Waals surface area contributed by atoms with Gasteiger partial charge in [0, 0.05) is 51.2 Å². The summed E-state index contributed by atoms with van der Waals surface area (Å²) in [4.78, 5) is 8.92. The Morgan fingerprint density at radius 2 is 2.11 bits per heavy atom. The number of aliphatic hydroxyl groups excluding tert-OH is 1. The van der Waals surface area contributed by atoms with Gasteiger partial charge in [-0.3, -0.25) is 14.8 Å². The van der Waals surface area contributed by atoms with E-state index >= 15 is 0 Å². The lowest BCUT2D eigenvalue weighted by molar-refractivity contribution is 0.0759. The van der Waals surface area contributed by atoms with Crippen LogP contribution >= 0.6 is 0 Å². The number of nitrogens with zero attached hydrogens (tertiary/aromatic N) is 3. The van der Waals surface area contributed by atoms with Gasteiger partial charge >= 0.3 is 0 Å². The Labute approximate surface area is 115 Å². The van der Waals surface area contributed by atoms with E-state index in [0.717, 1.165) is 32.7 Å². The molecule has 1 aromatic heterocycles. The molecule has 1 aromatic rings. The average Bonchev–Trinajstić information content (AvgIpc) is 2.42. The molecule has 1 fully saturated rings. The van der Waals surface area contributed by atoms with Gasteiger partial charge in [-0.1, -0.05) is 6.07 Å². The van der Waals surface area contributed by atoms with Gasteiger partial charge in [-0.2, -0.15) is 0 Å². The molecule has 1 aliphatic heterocycles. The molecule has 2 rings (SSSR count). The van der Waals surface area contributed by atoms with Crippen LogP contribution in [0.5, 0.6) is 0 Å². The molecule has 5 heteroatoms. The van der Waals surface area contributed by atoms with E-state index in [9.17, 15) is 0 Å². The highest BCUT2D eigenvalue weighted by molar-refractivity contribution is 5.16. The van der Waals surface area contributed by atoms with Crippen LogP contribution in [0.25, 0.3) is 0 Å². The largest absolute Gasteiger partial charge is 0.395 e. The first kappa shape index (κ1) is 14.4. The second kappa shape index (κ2) is 6.96. The third kappa shape index (κ3) is 3.73. The van der Waals surface area contributed by atoms with Gasteiger partial charge in [0.2, 0.25) is 0 Å². The fourth-order valence-electron chi connectivity index (χ4n) is 2.80. The molecule has 5 nitrogen and oxygen atoms in total. The molecule has 0 bridgehead atoms. The Kier molecular flexibility index (Phi) is 5.27. The third-order valence-electron chi connectivity index (χ3n) is 3.74. The predicted octanol–water partition coefficient (Wildman–Crippen LogP) is 0.0798. The maximum absolute atomic E-state index is 8.98. The van der Waals surface area contributed by atoms with Gasteiger partial charge in [0.15, 0.2) is 0 Å². The zero-order valence-electron chi connectivity index (χ0n) is 11.6. The minimum absolute atomic E-state index is 0.0774. The fraction of sp³-hybridized carbons (Fsp3) is 0.643. The monoisotopic (exact) mass is 264 g/mol. The minimum atomic E-state index is 0.0774. The van der Waals surface area contributed by atoms with Crippen molar-refractivity contribution < 1.29 is 5.11 Å². The summed E-state index contributed by atoms with van der Waals surface area (Å²) in [5.41, 5.74) is 7.36. The van der Waals surface area contributed by atoms with Crippen LogP contribution in [0.3, 0.4) is 0 Å². The van der Waals surface area contributed by atoms with Gasteiger partial charge in [-0.25, -0.2) is 0 Å². The van der Waals surface area contributed by atoms with Gasteiger partial charge < -0.3 is 10.8 Å². The highest BCUT2D eigenvalue weighted by Gasteiger charge is 2.27. The number of aromatic nitrogens is 1. The normalized spacial score (nSPS) is 21.2. The molecule has 1 aliphatic rings. The van der Waals surface area contributed by atoms with Gasteiger partial charge in [-0.05, 0) is 18.6 Å². The summed E-state index contributed by atoms with van der Waals surface area (Å²) in [5, 5.41) is 8.98. The van der Waals surface area contributed by atoms with E-state index in [1.165, 1.54) is 5.56 Å². The van der Waals surface area contributed by atoms with Crippen LogP contribution in [0, 0.1) is 0 Å². The van der Waals surface area contributed by atoms with E-state index in [0.29, 0.717) is 0 Å². The SMILES string of the molecule is CC(N)C(c1cccnc1)N1CCN(CCO)CC1. The van der Waals surface area contributed by atoms with Gasteiger partial charge in [-0.15, -0.1) is 0 Å². The lowest BCUT2D eigenvalue weighted by Crippen LogP contribution is -2.51. The predicted molar refractivity (Wildman–Crippen MR) is 75.7 cm³/mol. The van der Waals surface area contributed by atoms with E-state index in [2.05, 4.69) is 27.8 Å². The highest BCUT2D eigenvalue weighted by atomic mass is 16.3. The summed E-state index contributed by atoms with van der Waals surface area (Å²) in [5.74, 6) is 0. The van der Waals surface area contributed by atoms with E-state index < -0.39 is 0 Å². The summed E-state index contributed by atoms with van der Waals surface area (Å²) >= 11 is 0. The molecule has 0 aliphatic carbocycles. The lowest BCUT2D eigenvalue weighted by Gasteiger charge is -2.40. The van der Waals surface area contributed by atoms with Crippen LogP contribution in [0.15, 0.2) is 24.5 Å². The van der Waals surface area contributed by atoms with Crippen molar-refractivity contribution >= 4 is 0 Å². The highest BCUT2D eigenvalue weighted by Crippen LogP contribution is 2.23. The van der Waals surface area contributed by atoms with E-state index in [1.807, 2.05) is 12.3 Å². The zero-order valence-corrected chi connectivity index (χ0v) is 11.6. The number of aliphatic hydroxyl groups is 1. The Morgan fingerprint density at radius 1 is 1.37 bits per heavy atom. The molecular formula is C14H24N4O. The van der Waals surface area contributed by atoms with Crippen molar-refractivity contribution in [3.63, 3.8) is 0 Å². The summed E-state index contributed by atoms with van der Waals surface area (Å²) in [6.45, 7) is 7.01. The smallest absolute Gasteiger partial charge is 0.0558 e. The van der Waals surface area contributed by atoms with Crippen molar-refractivity contribution in [2.75, 3.05) is 39.3 Å². The topological polar surface area (TPSA) is 65.6 Å². The van der Waals surface area contributed by atoms with Crippen LogP contribution in [0.1, 0.15) is 18.5 Å². The Morgan fingerprint density at radius 3 is 2.63 bits per heavy atom. The fourth-order valence-corrected chi connectivity index (χ4v) is 2.80. The first-order chi connectivity index (χ1) is 9.22. The molecule has 2 heterocycles. The molecule has 0 saturated carbocycles. The van der Waals surface area contributed by atoms with Crippen molar-refractivity contribution in [2.45, 2.75) is 19.0 Å². The molecule has 19 heavy (non-hydrogen) atoms. The van der Waals surface area contributed by atoms with Crippen LogP contribution in [0.4, 0.5) is 0 Å².